The average molecular weight is 397 g/mol. The molecule has 0 aliphatic carbocycles. The van der Waals surface area contributed by atoms with Crippen LogP contribution in [0.2, 0.25) is 0 Å². The number of amides is 1. The third-order valence-electron chi connectivity index (χ3n) is 5.29. The molecule has 2 aliphatic heterocycles. The van der Waals surface area contributed by atoms with E-state index in [1.807, 2.05) is 0 Å². The number of carbonyl (C=O) groups is 3. The number of aliphatic hydroxyl groups is 1. The molecular formula is C19H24FNO7. The van der Waals surface area contributed by atoms with Crippen molar-refractivity contribution in [3.05, 3.63) is 35.6 Å². The average Bonchev–Trinajstić information content (AvgIpc) is 2.63. The number of hydrogen-bond donors (Lipinski definition) is 3. The minimum Gasteiger partial charge on any atom is -0.483 e. The Labute approximate surface area is 161 Å². The third-order valence-corrected chi connectivity index (χ3v) is 5.29. The Bertz CT molecular complexity index is 719. The molecule has 2 fully saturated rings. The van der Waals surface area contributed by atoms with E-state index in [9.17, 15) is 24.2 Å². The topological polar surface area (TPSA) is 124 Å². The van der Waals surface area contributed by atoms with Crippen molar-refractivity contribution in [2.24, 2.45) is 10.8 Å². The Morgan fingerprint density at radius 2 is 1.89 bits per heavy atom. The molecule has 1 aromatic rings. The first-order valence-corrected chi connectivity index (χ1v) is 8.79. The summed E-state index contributed by atoms with van der Waals surface area (Å²) >= 11 is 0. The van der Waals surface area contributed by atoms with Crippen LogP contribution in [0, 0.1) is 16.6 Å². The molecule has 3 N–H and O–H groups in total. The van der Waals surface area contributed by atoms with Crippen molar-refractivity contribution in [2.45, 2.75) is 25.9 Å². The molecule has 8 nitrogen and oxygen atoms in total. The highest BCUT2D eigenvalue weighted by Gasteiger charge is 2.53. The van der Waals surface area contributed by atoms with Gasteiger partial charge in [-0.15, -0.1) is 0 Å². The number of halogens is 1. The van der Waals surface area contributed by atoms with Crippen LogP contribution in [0.15, 0.2) is 24.3 Å². The van der Waals surface area contributed by atoms with E-state index < -0.39 is 28.7 Å². The summed E-state index contributed by atoms with van der Waals surface area (Å²) in [6.45, 7) is 2.43. The Morgan fingerprint density at radius 3 is 2.36 bits per heavy atom. The van der Waals surface area contributed by atoms with Crippen molar-refractivity contribution in [2.75, 3.05) is 26.3 Å². The van der Waals surface area contributed by atoms with Crippen molar-refractivity contribution in [1.29, 1.82) is 0 Å². The van der Waals surface area contributed by atoms with Crippen LogP contribution in [-0.2, 0) is 25.5 Å². The number of aliphatic hydroxyl groups excluding tert-OH is 1. The number of carboxylic acid groups (broad SMARTS) is 2. The SMILES string of the molecule is CC1(C(=O)N2CC[C@H](O)[C@](Cc3ccc(F)cc3)(C(=O)O)C2)COC1.O=CO. The first-order chi connectivity index (χ1) is 13.2. The van der Waals surface area contributed by atoms with Gasteiger partial charge in [0.05, 0.1) is 24.7 Å². The number of carboxylic acids is 1. The highest BCUT2D eigenvalue weighted by molar-refractivity contribution is 5.85. The number of carbonyl (C=O) groups excluding carboxylic acids is 1. The lowest BCUT2D eigenvalue weighted by Crippen LogP contribution is -2.62. The Hall–Kier alpha value is -2.52. The number of hydrogen-bond acceptors (Lipinski definition) is 5. The van der Waals surface area contributed by atoms with E-state index in [4.69, 9.17) is 14.6 Å². The fraction of sp³-hybridized carbons (Fsp3) is 0.526. The minimum absolute atomic E-state index is 0.0285. The molecule has 1 aromatic carbocycles. The van der Waals surface area contributed by atoms with Crippen molar-refractivity contribution in [1.82, 2.24) is 4.90 Å². The molecule has 0 unspecified atom stereocenters. The molecule has 3 rings (SSSR count). The van der Waals surface area contributed by atoms with Gasteiger partial charge in [0.1, 0.15) is 11.2 Å². The lowest BCUT2D eigenvalue weighted by molar-refractivity contribution is -0.180. The van der Waals surface area contributed by atoms with E-state index in [2.05, 4.69) is 0 Å². The number of benzene rings is 1. The summed E-state index contributed by atoms with van der Waals surface area (Å²) in [6, 6.07) is 5.54. The Kier molecular flexibility index (Phi) is 6.73. The van der Waals surface area contributed by atoms with E-state index in [1.54, 1.807) is 6.92 Å². The number of aliphatic carboxylic acids is 1. The molecule has 0 spiro atoms. The molecule has 0 radical (unpaired) electrons. The molecule has 9 heteroatoms. The second kappa shape index (κ2) is 8.66. The van der Waals surface area contributed by atoms with Crippen LogP contribution >= 0.6 is 0 Å². The second-order valence-electron chi connectivity index (χ2n) is 7.45. The summed E-state index contributed by atoms with van der Waals surface area (Å²) in [5.74, 6) is -1.71. The van der Waals surface area contributed by atoms with Gasteiger partial charge < -0.3 is 25.0 Å². The largest absolute Gasteiger partial charge is 0.483 e. The molecule has 2 heterocycles. The monoisotopic (exact) mass is 397 g/mol. The summed E-state index contributed by atoms with van der Waals surface area (Å²) in [6.07, 6.45) is -0.860. The zero-order chi connectivity index (χ0) is 20.9. The van der Waals surface area contributed by atoms with Crippen LogP contribution in [0.4, 0.5) is 4.39 Å². The Balaban J connectivity index is 0.000000878. The zero-order valence-corrected chi connectivity index (χ0v) is 15.5. The second-order valence-corrected chi connectivity index (χ2v) is 7.45. The van der Waals surface area contributed by atoms with Crippen LogP contribution in [0.1, 0.15) is 18.9 Å². The maximum atomic E-state index is 13.1. The van der Waals surface area contributed by atoms with Crippen molar-refractivity contribution >= 4 is 18.3 Å². The number of piperidine rings is 1. The van der Waals surface area contributed by atoms with E-state index in [-0.39, 0.29) is 31.8 Å². The number of nitrogens with zero attached hydrogens (tertiary/aromatic N) is 1. The summed E-state index contributed by atoms with van der Waals surface area (Å²) < 4.78 is 18.2. The van der Waals surface area contributed by atoms with Gasteiger partial charge in [0.25, 0.3) is 6.47 Å². The standard InChI is InChI=1S/C18H22FNO5.CH2O2/c1-17(10-25-11-17)15(22)20-7-6-14(21)18(9-20,16(23)24)8-12-2-4-13(19)5-3-12;2-1-3/h2-5,14,21H,6-11H2,1H3,(H,23,24);1H,(H,2,3)/t14-,18+;/m0./s1. The smallest absolute Gasteiger partial charge is 0.314 e. The van der Waals surface area contributed by atoms with Crippen molar-refractivity contribution < 1.29 is 38.8 Å². The maximum absolute atomic E-state index is 13.1. The van der Waals surface area contributed by atoms with Gasteiger partial charge in [-0.3, -0.25) is 14.4 Å². The van der Waals surface area contributed by atoms with E-state index in [0.29, 0.717) is 25.3 Å². The first kappa shape index (κ1) is 21.8. The molecule has 2 aliphatic rings. The molecule has 28 heavy (non-hydrogen) atoms. The van der Waals surface area contributed by atoms with E-state index in [1.165, 1.54) is 29.2 Å². The highest BCUT2D eigenvalue weighted by atomic mass is 19.1. The number of rotatable bonds is 4. The number of likely N-dealkylation sites (tertiary alicyclic amines) is 1. The van der Waals surface area contributed by atoms with Gasteiger partial charge in [-0.25, -0.2) is 4.39 Å². The Morgan fingerprint density at radius 1 is 1.32 bits per heavy atom. The normalized spacial score (nSPS) is 25.7. The maximum Gasteiger partial charge on any atom is 0.314 e. The summed E-state index contributed by atoms with van der Waals surface area (Å²) in [5.41, 5.74) is -1.52. The minimum atomic E-state index is -1.51. The molecular weight excluding hydrogens is 373 g/mol. The lowest BCUT2D eigenvalue weighted by Gasteiger charge is -2.47. The van der Waals surface area contributed by atoms with Crippen molar-refractivity contribution in [3.63, 3.8) is 0 Å². The lowest BCUT2D eigenvalue weighted by atomic mass is 9.72. The molecule has 2 saturated heterocycles. The van der Waals surface area contributed by atoms with Crippen LogP contribution in [0.25, 0.3) is 0 Å². The molecule has 2 atom stereocenters. The number of ether oxygens (including phenoxy) is 1. The van der Waals surface area contributed by atoms with Gasteiger partial charge in [-0.1, -0.05) is 12.1 Å². The molecule has 0 aromatic heterocycles. The molecule has 154 valence electrons. The van der Waals surface area contributed by atoms with Crippen LogP contribution in [0.3, 0.4) is 0 Å². The van der Waals surface area contributed by atoms with Crippen LogP contribution < -0.4 is 0 Å². The first-order valence-electron chi connectivity index (χ1n) is 8.79. The molecule has 1 amide bonds. The van der Waals surface area contributed by atoms with Crippen LogP contribution in [0.5, 0.6) is 0 Å². The highest BCUT2D eigenvalue weighted by Crippen LogP contribution is 2.38. The van der Waals surface area contributed by atoms with E-state index >= 15 is 0 Å². The van der Waals surface area contributed by atoms with E-state index in [0.717, 1.165) is 0 Å². The van der Waals surface area contributed by atoms with Gasteiger partial charge >= 0.3 is 5.97 Å². The van der Waals surface area contributed by atoms with Gasteiger partial charge in [0, 0.05) is 13.1 Å². The van der Waals surface area contributed by atoms with Gasteiger partial charge in [-0.05, 0) is 37.5 Å². The van der Waals surface area contributed by atoms with Gasteiger partial charge in [0.15, 0.2) is 0 Å². The predicted octanol–water partition coefficient (Wildman–Crippen LogP) is 0.770. The summed E-state index contributed by atoms with van der Waals surface area (Å²) in [7, 11) is 0. The fourth-order valence-corrected chi connectivity index (χ4v) is 3.59. The van der Waals surface area contributed by atoms with Gasteiger partial charge in [0.2, 0.25) is 5.91 Å². The summed E-state index contributed by atoms with van der Waals surface area (Å²) in [5, 5.41) is 27.2. The predicted molar refractivity (Wildman–Crippen MR) is 95.0 cm³/mol. The summed E-state index contributed by atoms with van der Waals surface area (Å²) in [4.78, 5) is 34.7. The van der Waals surface area contributed by atoms with Crippen LogP contribution in [-0.4, -0.2) is 71.0 Å². The molecule has 0 saturated carbocycles. The van der Waals surface area contributed by atoms with Crippen molar-refractivity contribution in [3.8, 4) is 0 Å². The third kappa shape index (κ3) is 4.31. The molecule has 0 bridgehead atoms. The zero-order valence-electron chi connectivity index (χ0n) is 15.5. The van der Waals surface area contributed by atoms with Gasteiger partial charge in [-0.2, -0.15) is 0 Å². The quantitative estimate of drug-likeness (QED) is 0.641. The fourth-order valence-electron chi connectivity index (χ4n) is 3.59.